The van der Waals surface area contributed by atoms with Crippen LogP contribution in [0.5, 0.6) is 0 Å². The first-order valence-electron chi connectivity index (χ1n) is 8.90. The fourth-order valence-electron chi connectivity index (χ4n) is 2.53. The number of hydrogen-bond acceptors (Lipinski definition) is 3. The lowest BCUT2D eigenvalue weighted by Crippen LogP contribution is -2.37. The summed E-state index contributed by atoms with van der Waals surface area (Å²) < 4.78 is 7.28. The SMILES string of the molecule is CCOCCCCNC(=NC)NCc1ccccc1Cn1cccn1.I. The lowest BCUT2D eigenvalue weighted by Gasteiger charge is -2.14. The van der Waals surface area contributed by atoms with Crippen LogP contribution in [-0.2, 0) is 17.8 Å². The van der Waals surface area contributed by atoms with Gasteiger partial charge in [-0.2, -0.15) is 5.10 Å². The number of guanidine groups is 1. The molecule has 144 valence electrons. The van der Waals surface area contributed by atoms with E-state index in [-0.39, 0.29) is 24.0 Å². The van der Waals surface area contributed by atoms with Crippen LogP contribution in [0.3, 0.4) is 0 Å². The van der Waals surface area contributed by atoms with Crippen LogP contribution >= 0.6 is 24.0 Å². The molecule has 1 aromatic carbocycles. The highest BCUT2D eigenvalue weighted by Gasteiger charge is 2.04. The molecule has 0 spiro atoms. The highest BCUT2D eigenvalue weighted by Crippen LogP contribution is 2.10. The van der Waals surface area contributed by atoms with Crippen molar-refractivity contribution in [1.29, 1.82) is 0 Å². The van der Waals surface area contributed by atoms with Gasteiger partial charge in [0.2, 0.25) is 0 Å². The normalized spacial score (nSPS) is 11.1. The van der Waals surface area contributed by atoms with Crippen molar-refractivity contribution in [1.82, 2.24) is 20.4 Å². The standard InChI is InChI=1S/C19H29N5O.HI/c1-3-25-14-7-6-11-21-19(20-2)22-15-17-9-4-5-10-18(17)16-24-13-8-12-23-24;/h4-5,8-10,12-13H,3,6-7,11,14-16H2,1-2H3,(H2,20,21,22);1H. The second-order valence-electron chi connectivity index (χ2n) is 5.73. The molecule has 0 bridgehead atoms. The van der Waals surface area contributed by atoms with E-state index in [0.717, 1.165) is 51.6 Å². The minimum Gasteiger partial charge on any atom is -0.382 e. The maximum Gasteiger partial charge on any atom is 0.191 e. The molecule has 0 radical (unpaired) electrons. The smallest absolute Gasteiger partial charge is 0.191 e. The Morgan fingerprint density at radius 2 is 1.96 bits per heavy atom. The Kier molecular flexibility index (Phi) is 11.7. The number of nitrogens with one attached hydrogen (secondary N) is 2. The molecule has 0 aliphatic rings. The Balaban J connectivity index is 0.00000338. The van der Waals surface area contributed by atoms with Gasteiger partial charge < -0.3 is 15.4 Å². The van der Waals surface area contributed by atoms with Gasteiger partial charge in [0.15, 0.2) is 5.96 Å². The van der Waals surface area contributed by atoms with Crippen LogP contribution in [0.15, 0.2) is 47.7 Å². The molecule has 2 aromatic rings. The molecule has 6 nitrogen and oxygen atoms in total. The number of aliphatic imine (C=N–C) groups is 1. The molecule has 0 aliphatic carbocycles. The van der Waals surface area contributed by atoms with Crippen molar-refractivity contribution in [3.05, 3.63) is 53.9 Å². The molecule has 0 aliphatic heterocycles. The van der Waals surface area contributed by atoms with Gasteiger partial charge in [0.1, 0.15) is 0 Å². The zero-order valence-corrected chi connectivity index (χ0v) is 18.0. The Bertz CT molecular complexity index is 631. The van der Waals surface area contributed by atoms with Gasteiger partial charge in [-0.15, -0.1) is 24.0 Å². The summed E-state index contributed by atoms with van der Waals surface area (Å²) in [5.74, 6) is 0.824. The fraction of sp³-hybridized carbons (Fsp3) is 0.474. The summed E-state index contributed by atoms with van der Waals surface area (Å²) in [7, 11) is 1.80. The minimum atomic E-state index is 0. The molecule has 0 atom stereocenters. The predicted octanol–water partition coefficient (Wildman–Crippen LogP) is 3.03. The van der Waals surface area contributed by atoms with E-state index in [2.05, 4.69) is 45.0 Å². The van der Waals surface area contributed by atoms with Gasteiger partial charge in [-0.05, 0) is 37.0 Å². The largest absolute Gasteiger partial charge is 0.382 e. The van der Waals surface area contributed by atoms with Gasteiger partial charge >= 0.3 is 0 Å². The number of halogens is 1. The number of ether oxygens (including phenoxy) is 1. The first kappa shape index (κ1) is 22.4. The van der Waals surface area contributed by atoms with Gasteiger partial charge in [-0.25, -0.2) is 0 Å². The van der Waals surface area contributed by atoms with Gasteiger partial charge in [-0.3, -0.25) is 9.67 Å². The molecule has 0 amide bonds. The summed E-state index contributed by atoms with van der Waals surface area (Å²) in [6.07, 6.45) is 5.91. The van der Waals surface area contributed by atoms with E-state index in [1.54, 1.807) is 13.2 Å². The van der Waals surface area contributed by atoms with Crippen molar-refractivity contribution in [2.75, 3.05) is 26.8 Å². The molecular formula is C19H30IN5O. The van der Waals surface area contributed by atoms with Crippen LogP contribution in [0.4, 0.5) is 0 Å². The van der Waals surface area contributed by atoms with Crippen LogP contribution in [0.25, 0.3) is 0 Å². The van der Waals surface area contributed by atoms with Crippen LogP contribution < -0.4 is 10.6 Å². The summed E-state index contributed by atoms with van der Waals surface area (Å²) in [5.41, 5.74) is 2.50. The van der Waals surface area contributed by atoms with E-state index in [0.29, 0.717) is 0 Å². The average Bonchev–Trinajstić information content (AvgIpc) is 3.15. The second kappa shape index (κ2) is 13.6. The molecule has 7 heteroatoms. The summed E-state index contributed by atoms with van der Waals surface area (Å²) in [5, 5.41) is 11.0. The third-order valence-corrected chi connectivity index (χ3v) is 3.89. The molecule has 1 aromatic heterocycles. The summed E-state index contributed by atoms with van der Waals surface area (Å²) in [6.45, 7) is 6.03. The van der Waals surface area contributed by atoms with E-state index in [1.807, 2.05) is 23.9 Å². The Morgan fingerprint density at radius 1 is 1.15 bits per heavy atom. The number of aromatic nitrogens is 2. The first-order chi connectivity index (χ1) is 12.3. The Hall–Kier alpha value is -1.61. The van der Waals surface area contributed by atoms with E-state index in [9.17, 15) is 0 Å². The van der Waals surface area contributed by atoms with E-state index >= 15 is 0 Å². The Morgan fingerprint density at radius 3 is 2.65 bits per heavy atom. The highest BCUT2D eigenvalue weighted by atomic mass is 127. The van der Waals surface area contributed by atoms with Gasteiger partial charge in [0.05, 0.1) is 6.54 Å². The number of benzene rings is 1. The topological polar surface area (TPSA) is 63.5 Å². The fourth-order valence-corrected chi connectivity index (χ4v) is 2.53. The first-order valence-corrected chi connectivity index (χ1v) is 8.90. The van der Waals surface area contributed by atoms with Crippen molar-refractivity contribution >= 4 is 29.9 Å². The van der Waals surface area contributed by atoms with Crippen molar-refractivity contribution in [3.63, 3.8) is 0 Å². The molecule has 0 saturated carbocycles. The van der Waals surface area contributed by atoms with Crippen LogP contribution in [0, 0.1) is 0 Å². The zero-order valence-electron chi connectivity index (χ0n) is 15.6. The number of rotatable bonds is 10. The number of unbranched alkanes of at least 4 members (excludes halogenated alkanes) is 1. The maximum absolute atomic E-state index is 5.35. The lowest BCUT2D eigenvalue weighted by molar-refractivity contribution is 0.143. The van der Waals surface area contributed by atoms with Crippen molar-refractivity contribution < 1.29 is 4.74 Å². The third kappa shape index (κ3) is 8.18. The van der Waals surface area contributed by atoms with Gasteiger partial charge in [0.25, 0.3) is 0 Å². The number of nitrogens with zero attached hydrogens (tertiary/aromatic N) is 3. The molecule has 0 fully saturated rings. The predicted molar refractivity (Wildman–Crippen MR) is 117 cm³/mol. The Labute approximate surface area is 173 Å². The van der Waals surface area contributed by atoms with Crippen LogP contribution in [0.2, 0.25) is 0 Å². The molecule has 0 unspecified atom stereocenters. The molecule has 2 N–H and O–H groups in total. The lowest BCUT2D eigenvalue weighted by atomic mass is 10.1. The molecule has 2 rings (SSSR count). The summed E-state index contributed by atoms with van der Waals surface area (Å²) >= 11 is 0. The van der Waals surface area contributed by atoms with E-state index in [1.165, 1.54) is 11.1 Å². The molecule has 1 heterocycles. The average molecular weight is 471 g/mol. The second-order valence-corrected chi connectivity index (χ2v) is 5.73. The minimum absolute atomic E-state index is 0. The van der Waals surface area contributed by atoms with E-state index < -0.39 is 0 Å². The third-order valence-electron chi connectivity index (χ3n) is 3.89. The van der Waals surface area contributed by atoms with E-state index in [4.69, 9.17) is 4.74 Å². The van der Waals surface area contributed by atoms with Crippen molar-refractivity contribution in [3.8, 4) is 0 Å². The number of hydrogen-bond donors (Lipinski definition) is 2. The summed E-state index contributed by atoms with van der Waals surface area (Å²) in [6, 6.07) is 10.4. The highest BCUT2D eigenvalue weighted by molar-refractivity contribution is 14.0. The summed E-state index contributed by atoms with van der Waals surface area (Å²) in [4.78, 5) is 4.29. The zero-order chi connectivity index (χ0) is 17.7. The molecule has 0 saturated heterocycles. The van der Waals surface area contributed by atoms with Crippen molar-refractivity contribution in [2.24, 2.45) is 4.99 Å². The molecule has 26 heavy (non-hydrogen) atoms. The van der Waals surface area contributed by atoms with Crippen molar-refractivity contribution in [2.45, 2.75) is 32.9 Å². The van der Waals surface area contributed by atoms with Gasteiger partial charge in [-0.1, -0.05) is 24.3 Å². The molecular weight excluding hydrogens is 441 g/mol. The monoisotopic (exact) mass is 471 g/mol. The van der Waals surface area contributed by atoms with Crippen LogP contribution in [0.1, 0.15) is 30.9 Å². The van der Waals surface area contributed by atoms with Crippen LogP contribution in [-0.4, -0.2) is 42.5 Å². The van der Waals surface area contributed by atoms with Gasteiger partial charge in [0, 0.05) is 45.7 Å². The maximum atomic E-state index is 5.35. The quantitative estimate of drug-likeness (QED) is 0.242.